The second kappa shape index (κ2) is 5.92. The van der Waals surface area contributed by atoms with Gasteiger partial charge in [0.2, 0.25) is 0 Å². The van der Waals surface area contributed by atoms with Gasteiger partial charge in [-0.3, -0.25) is 0 Å². The summed E-state index contributed by atoms with van der Waals surface area (Å²) in [6.07, 6.45) is 0. The topological polar surface area (TPSA) is 26.3 Å². The van der Waals surface area contributed by atoms with Crippen molar-refractivity contribution in [1.29, 1.82) is 0 Å². The van der Waals surface area contributed by atoms with Gasteiger partial charge in [0.25, 0.3) is 0 Å². The van der Waals surface area contributed by atoms with Crippen molar-refractivity contribution in [2.45, 2.75) is 11.8 Å². The second-order valence-corrected chi connectivity index (χ2v) is 3.56. The first-order valence-corrected chi connectivity index (χ1v) is 4.64. The highest BCUT2D eigenvalue weighted by molar-refractivity contribution is 6.56. The Labute approximate surface area is 90.4 Å². The lowest BCUT2D eigenvalue weighted by Crippen LogP contribution is -2.06. The molecule has 0 N–H and O–H groups in total. The van der Waals surface area contributed by atoms with Crippen LogP contribution in [-0.2, 0) is 9.53 Å². The summed E-state index contributed by atoms with van der Waals surface area (Å²) in [4.78, 5) is 9.86. The minimum Gasteiger partial charge on any atom is -0.462 e. The van der Waals surface area contributed by atoms with Crippen LogP contribution in [0.2, 0.25) is 0 Å². The number of carbonyl (C=O) groups excluding carboxylic acids is 1. The van der Waals surface area contributed by atoms with E-state index in [-0.39, 0.29) is 16.7 Å². The number of rotatable bonds is 3. The first kappa shape index (κ1) is 12.4. The van der Waals surface area contributed by atoms with E-state index in [1.165, 1.54) is 0 Å². The maximum absolute atomic E-state index is 10.9. The lowest BCUT2D eigenvalue weighted by atomic mass is 10.5. The van der Waals surface area contributed by atoms with E-state index in [0.717, 1.165) is 0 Å². The predicted molar refractivity (Wildman–Crippen MR) is 50.9 cm³/mol. The van der Waals surface area contributed by atoms with E-state index in [4.69, 9.17) is 46.4 Å². The zero-order valence-corrected chi connectivity index (χ0v) is 9.14. The van der Waals surface area contributed by atoms with Crippen molar-refractivity contribution in [2.24, 2.45) is 0 Å². The fraction of sp³-hybridized carbons (Fsp3) is 0.500. The molecule has 0 aromatic carbocycles. The number of halogens is 4. The summed E-state index contributed by atoms with van der Waals surface area (Å²) < 4.78 is 4.54. The zero-order valence-electron chi connectivity index (χ0n) is 6.11. The Hall–Kier alpha value is 0.370. The summed E-state index contributed by atoms with van der Waals surface area (Å²) in [5, 5.41) is -0.410. The molecule has 0 aliphatic carbocycles. The summed E-state index contributed by atoms with van der Waals surface area (Å²) in [5.41, 5.74) is 0. The third-order valence-corrected chi connectivity index (χ3v) is 2.38. The van der Waals surface area contributed by atoms with Crippen molar-refractivity contribution in [1.82, 2.24) is 0 Å². The maximum atomic E-state index is 10.9. The Balaban J connectivity index is 4.43. The molecular formula is C6H6Cl4O2. The van der Waals surface area contributed by atoms with Crippen LogP contribution in [0.15, 0.2) is 10.1 Å². The third-order valence-electron chi connectivity index (χ3n) is 0.856. The molecule has 0 spiro atoms. The molecule has 0 amide bonds. The predicted octanol–water partition coefficient (Wildman–Crippen LogP) is 3.04. The van der Waals surface area contributed by atoms with Crippen molar-refractivity contribution in [2.75, 3.05) is 6.61 Å². The molecule has 70 valence electrons. The SMILES string of the molecule is CCOC(=O)C(Cl)=C(Cl)C(Cl)Cl. The molecule has 0 bridgehead atoms. The minimum absolute atomic E-state index is 0.126. The minimum atomic E-state index is -1.01. The van der Waals surface area contributed by atoms with Crippen LogP contribution in [-0.4, -0.2) is 17.4 Å². The normalized spacial score (nSPS) is 12.8. The van der Waals surface area contributed by atoms with Crippen molar-refractivity contribution in [3.05, 3.63) is 10.1 Å². The molecule has 0 atom stereocenters. The fourth-order valence-electron chi connectivity index (χ4n) is 0.388. The molecular weight excluding hydrogens is 246 g/mol. The second-order valence-electron chi connectivity index (χ2n) is 1.68. The molecule has 0 radical (unpaired) electrons. The van der Waals surface area contributed by atoms with Crippen LogP contribution in [0.3, 0.4) is 0 Å². The molecule has 0 heterocycles. The molecule has 0 aromatic heterocycles. The highest BCUT2D eigenvalue weighted by Crippen LogP contribution is 2.25. The molecule has 0 saturated heterocycles. The molecule has 0 fully saturated rings. The molecule has 0 saturated carbocycles. The number of hydrogen-bond acceptors (Lipinski definition) is 2. The molecule has 0 aliphatic rings. The van der Waals surface area contributed by atoms with Gasteiger partial charge in [0.05, 0.1) is 11.6 Å². The molecule has 6 heteroatoms. The number of hydrogen-bond donors (Lipinski definition) is 0. The number of allylic oxidation sites excluding steroid dienone is 1. The van der Waals surface area contributed by atoms with Gasteiger partial charge < -0.3 is 4.74 Å². The molecule has 0 unspecified atom stereocenters. The quantitative estimate of drug-likeness (QED) is 0.438. The highest BCUT2D eigenvalue weighted by Gasteiger charge is 2.17. The number of alkyl halides is 2. The van der Waals surface area contributed by atoms with Crippen LogP contribution in [0, 0.1) is 0 Å². The van der Waals surface area contributed by atoms with Crippen molar-refractivity contribution >= 4 is 52.4 Å². The van der Waals surface area contributed by atoms with Crippen LogP contribution >= 0.6 is 46.4 Å². The van der Waals surface area contributed by atoms with Gasteiger partial charge in [-0.25, -0.2) is 4.79 Å². The van der Waals surface area contributed by atoms with Gasteiger partial charge in [-0.15, -0.1) is 0 Å². The van der Waals surface area contributed by atoms with E-state index in [2.05, 4.69) is 4.74 Å². The summed E-state index contributed by atoms with van der Waals surface area (Å²) in [6, 6.07) is 0. The van der Waals surface area contributed by atoms with Gasteiger partial charge in [-0.2, -0.15) is 0 Å². The summed E-state index contributed by atoms with van der Waals surface area (Å²) in [6.45, 7) is 1.86. The van der Waals surface area contributed by atoms with Crippen LogP contribution in [0.5, 0.6) is 0 Å². The van der Waals surface area contributed by atoms with E-state index in [9.17, 15) is 4.79 Å². The van der Waals surface area contributed by atoms with Crippen LogP contribution < -0.4 is 0 Å². The first-order valence-electron chi connectivity index (χ1n) is 3.01. The Morgan fingerprint density at radius 3 is 2.25 bits per heavy atom. The molecule has 0 aliphatic heterocycles. The highest BCUT2D eigenvalue weighted by atomic mass is 35.5. The lowest BCUT2D eigenvalue weighted by Gasteiger charge is -2.03. The first-order chi connectivity index (χ1) is 5.50. The number of carbonyl (C=O) groups is 1. The van der Waals surface area contributed by atoms with Gasteiger partial charge in [0, 0.05) is 0 Å². The Morgan fingerprint density at radius 1 is 1.42 bits per heavy atom. The van der Waals surface area contributed by atoms with Crippen LogP contribution in [0.25, 0.3) is 0 Å². The summed E-state index contributed by atoms with van der Waals surface area (Å²) in [5.74, 6) is -0.726. The zero-order chi connectivity index (χ0) is 9.72. The largest absolute Gasteiger partial charge is 0.462 e. The average molecular weight is 252 g/mol. The number of ether oxygens (including phenoxy) is 1. The molecule has 0 rings (SSSR count). The fourth-order valence-corrected chi connectivity index (χ4v) is 0.958. The van der Waals surface area contributed by atoms with E-state index in [1.54, 1.807) is 6.92 Å². The van der Waals surface area contributed by atoms with Crippen LogP contribution in [0.4, 0.5) is 0 Å². The van der Waals surface area contributed by atoms with Crippen LogP contribution in [0.1, 0.15) is 6.92 Å². The van der Waals surface area contributed by atoms with Gasteiger partial charge in [0.1, 0.15) is 9.87 Å². The lowest BCUT2D eigenvalue weighted by molar-refractivity contribution is -0.137. The van der Waals surface area contributed by atoms with Crippen molar-refractivity contribution in [3.8, 4) is 0 Å². The van der Waals surface area contributed by atoms with Gasteiger partial charge in [0.15, 0.2) is 0 Å². The van der Waals surface area contributed by atoms with E-state index < -0.39 is 10.8 Å². The molecule has 12 heavy (non-hydrogen) atoms. The Bertz CT molecular complexity index is 200. The van der Waals surface area contributed by atoms with Gasteiger partial charge in [-0.05, 0) is 6.92 Å². The average Bonchev–Trinajstić information content (AvgIpc) is 2.02. The van der Waals surface area contributed by atoms with Gasteiger partial charge in [-0.1, -0.05) is 46.4 Å². The third kappa shape index (κ3) is 3.85. The van der Waals surface area contributed by atoms with Gasteiger partial charge >= 0.3 is 5.97 Å². The summed E-state index contributed by atoms with van der Waals surface area (Å²) >= 11 is 21.6. The van der Waals surface area contributed by atoms with E-state index in [0.29, 0.717) is 0 Å². The van der Waals surface area contributed by atoms with E-state index in [1.807, 2.05) is 0 Å². The van der Waals surface area contributed by atoms with Crippen molar-refractivity contribution < 1.29 is 9.53 Å². The number of esters is 1. The van der Waals surface area contributed by atoms with Crippen molar-refractivity contribution in [3.63, 3.8) is 0 Å². The molecule has 0 aromatic rings. The Morgan fingerprint density at radius 2 is 1.92 bits per heavy atom. The Kier molecular flexibility index (Phi) is 6.10. The molecule has 2 nitrogen and oxygen atoms in total. The standard InChI is InChI=1S/C6H6Cl4O2/c1-2-12-6(11)4(8)3(7)5(9)10/h5H,2H2,1H3. The maximum Gasteiger partial charge on any atom is 0.351 e. The van der Waals surface area contributed by atoms with E-state index >= 15 is 0 Å². The summed E-state index contributed by atoms with van der Waals surface area (Å²) in [7, 11) is 0. The smallest absolute Gasteiger partial charge is 0.351 e. The monoisotopic (exact) mass is 250 g/mol.